The Morgan fingerprint density at radius 2 is 2.00 bits per heavy atom. The summed E-state index contributed by atoms with van der Waals surface area (Å²) in [4.78, 5) is 0.821. The summed E-state index contributed by atoms with van der Waals surface area (Å²) in [7, 11) is 0. The van der Waals surface area contributed by atoms with Crippen molar-refractivity contribution in [3.05, 3.63) is 24.3 Å². The molecule has 0 aromatic heterocycles. The Labute approximate surface area is 98.0 Å². The zero-order valence-corrected chi connectivity index (χ0v) is 9.47. The van der Waals surface area contributed by atoms with Gasteiger partial charge in [0.05, 0.1) is 6.10 Å². The van der Waals surface area contributed by atoms with Gasteiger partial charge in [-0.05, 0) is 30.7 Å². The van der Waals surface area contributed by atoms with Gasteiger partial charge in [-0.15, -0.1) is 0 Å². The smallest absolute Gasteiger partial charge is 0.115 e. The number of hydrogen-bond acceptors (Lipinski definition) is 6. The normalized spacial score (nSPS) is 21.8. The van der Waals surface area contributed by atoms with E-state index >= 15 is 0 Å². The maximum atomic E-state index is 9.74. The number of benzene rings is 1. The molecule has 1 saturated heterocycles. The number of hydrogen-bond donors (Lipinski definition) is 3. The van der Waals surface area contributed by atoms with Crippen molar-refractivity contribution in [1.82, 2.24) is 9.59 Å². The van der Waals surface area contributed by atoms with Gasteiger partial charge in [0.2, 0.25) is 0 Å². The molecule has 6 heteroatoms. The quantitative estimate of drug-likeness (QED) is 0.544. The van der Waals surface area contributed by atoms with Crippen LogP contribution in [0.5, 0.6) is 5.75 Å². The zero-order chi connectivity index (χ0) is 11.5. The van der Waals surface area contributed by atoms with Crippen molar-refractivity contribution in [1.29, 1.82) is 0 Å². The highest BCUT2D eigenvalue weighted by atomic mass is 32.2. The summed E-state index contributed by atoms with van der Waals surface area (Å²) in [6.45, 7) is 1.09. The van der Waals surface area contributed by atoms with Gasteiger partial charge >= 0.3 is 0 Å². The van der Waals surface area contributed by atoms with Crippen molar-refractivity contribution < 1.29 is 15.4 Å². The highest BCUT2D eigenvalue weighted by molar-refractivity contribution is 7.96. The first-order valence-corrected chi connectivity index (χ1v) is 5.81. The summed E-state index contributed by atoms with van der Waals surface area (Å²) < 4.78 is 1.03. The minimum Gasteiger partial charge on any atom is -0.508 e. The summed E-state index contributed by atoms with van der Waals surface area (Å²) in [5.41, 5.74) is 0. The second kappa shape index (κ2) is 5.03. The summed E-state index contributed by atoms with van der Waals surface area (Å²) >= 11 is 1.14. The Kier molecular flexibility index (Phi) is 3.67. The molecule has 5 nitrogen and oxygen atoms in total. The average Bonchev–Trinajstić information content (AvgIpc) is 2.68. The zero-order valence-electron chi connectivity index (χ0n) is 8.65. The van der Waals surface area contributed by atoms with Gasteiger partial charge in [0, 0.05) is 29.9 Å². The fraction of sp³-hybridized carbons (Fsp3) is 0.400. The minimum atomic E-state index is -0.366. The van der Waals surface area contributed by atoms with E-state index in [2.05, 4.69) is 0 Å². The minimum absolute atomic E-state index is 0.199. The van der Waals surface area contributed by atoms with Gasteiger partial charge in [0.25, 0.3) is 0 Å². The monoisotopic (exact) mass is 242 g/mol. The van der Waals surface area contributed by atoms with Crippen LogP contribution >= 0.6 is 11.9 Å². The Balaban J connectivity index is 1.91. The van der Waals surface area contributed by atoms with E-state index in [4.69, 9.17) is 5.11 Å². The molecule has 2 rings (SSSR count). The van der Waals surface area contributed by atoms with Crippen LogP contribution in [-0.4, -0.2) is 44.2 Å². The second-order valence-corrected chi connectivity index (χ2v) is 4.67. The van der Waals surface area contributed by atoms with Crippen molar-refractivity contribution in [3.63, 3.8) is 0 Å². The van der Waals surface area contributed by atoms with E-state index in [0.29, 0.717) is 19.5 Å². The molecule has 0 amide bonds. The molecule has 1 atom stereocenters. The van der Waals surface area contributed by atoms with Gasteiger partial charge in [-0.1, -0.05) is 4.58 Å². The van der Waals surface area contributed by atoms with E-state index in [1.54, 1.807) is 29.3 Å². The van der Waals surface area contributed by atoms with E-state index in [1.807, 2.05) is 0 Å². The molecule has 88 valence electrons. The van der Waals surface area contributed by atoms with E-state index in [0.717, 1.165) is 21.4 Å². The van der Waals surface area contributed by atoms with E-state index in [-0.39, 0.29) is 11.9 Å². The highest BCUT2D eigenvalue weighted by Gasteiger charge is 2.25. The van der Waals surface area contributed by atoms with Crippen LogP contribution in [0.3, 0.4) is 0 Å². The predicted octanol–water partition coefficient (Wildman–Crippen LogP) is 1.07. The molecule has 16 heavy (non-hydrogen) atoms. The molecule has 0 radical (unpaired) electrons. The summed E-state index contributed by atoms with van der Waals surface area (Å²) in [6, 6.07) is 6.56. The lowest BCUT2D eigenvalue weighted by Gasteiger charge is -2.23. The predicted molar refractivity (Wildman–Crippen MR) is 59.8 cm³/mol. The first-order chi connectivity index (χ1) is 7.65. The summed E-state index contributed by atoms with van der Waals surface area (Å²) in [5.74, 6) is 0.199. The van der Waals surface area contributed by atoms with Crippen LogP contribution in [0.25, 0.3) is 0 Å². The van der Waals surface area contributed by atoms with Crippen molar-refractivity contribution in [2.75, 3.05) is 13.1 Å². The van der Waals surface area contributed by atoms with Crippen LogP contribution in [-0.2, 0) is 0 Å². The molecule has 3 N–H and O–H groups in total. The summed E-state index contributed by atoms with van der Waals surface area (Å²) in [5, 5.41) is 29.8. The van der Waals surface area contributed by atoms with E-state index in [9.17, 15) is 10.3 Å². The molecule has 0 saturated carbocycles. The lowest BCUT2D eigenvalue weighted by molar-refractivity contribution is -0.149. The van der Waals surface area contributed by atoms with Crippen molar-refractivity contribution in [2.45, 2.75) is 17.4 Å². The second-order valence-electron chi connectivity index (χ2n) is 3.69. The fourth-order valence-electron chi connectivity index (χ4n) is 1.54. The number of aliphatic hydroxyl groups is 1. The number of hydrazine groups is 1. The van der Waals surface area contributed by atoms with Crippen LogP contribution in [0.15, 0.2) is 29.2 Å². The van der Waals surface area contributed by atoms with Crippen LogP contribution in [0.4, 0.5) is 0 Å². The molecule has 0 spiro atoms. The van der Waals surface area contributed by atoms with Crippen LogP contribution in [0.2, 0.25) is 0 Å². The number of phenols is 1. The number of rotatable bonds is 3. The van der Waals surface area contributed by atoms with Crippen molar-refractivity contribution in [3.8, 4) is 5.75 Å². The lowest BCUT2D eigenvalue weighted by Crippen LogP contribution is -2.34. The molecule has 0 unspecified atom stereocenters. The third-order valence-corrected chi connectivity index (χ3v) is 3.28. The van der Waals surface area contributed by atoms with Gasteiger partial charge in [-0.25, -0.2) is 5.01 Å². The third-order valence-electron chi connectivity index (χ3n) is 2.41. The van der Waals surface area contributed by atoms with Crippen molar-refractivity contribution >= 4 is 11.9 Å². The van der Waals surface area contributed by atoms with Gasteiger partial charge in [-0.3, -0.25) is 5.21 Å². The standard InChI is InChI=1S/C10H14N2O3S/c13-8-1-3-10(4-2-8)16-12(15)11-6-5-9(14)7-11/h1-4,9,13-15H,5-7H2/t9-/m1/s1. The largest absolute Gasteiger partial charge is 0.508 e. The van der Waals surface area contributed by atoms with Crippen LogP contribution < -0.4 is 0 Å². The molecule has 1 aromatic rings. The van der Waals surface area contributed by atoms with Crippen LogP contribution in [0.1, 0.15) is 6.42 Å². The molecule has 1 aromatic carbocycles. The molecular formula is C10H14N2O3S. The van der Waals surface area contributed by atoms with Gasteiger partial charge in [0.1, 0.15) is 5.75 Å². The average molecular weight is 242 g/mol. The topological polar surface area (TPSA) is 67.2 Å². The Morgan fingerprint density at radius 3 is 2.56 bits per heavy atom. The van der Waals surface area contributed by atoms with Crippen molar-refractivity contribution in [2.24, 2.45) is 0 Å². The number of phenolic OH excluding ortho intramolecular Hbond substituents is 1. The highest BCUT2D eigenvalue weighted by Crippen LogP contribution is 2.26. The Morgan fingerprint density at radius 1 is 1.31 bits per heavy atom. The number of β-amino-alcohol motifs (C(OH)–C–C–N with tert-alkyl or cyclic N) is 1. The first kappa shape index (κ1) is 11.7. The molecular weight excluding hydrogens is 228 g/mol. The maximum absolute atomic E-state index is 9.74. The number of aromatic hydroxyl groups is 1. The molecule has 0 bridgehead atoms. The van der Waals surface area contributed by atoms with E-state index < -0.39 is 0 Å². The SMILES string of the molecule is Oc1ccc(SN(O)N2CC[C@@H](O)C2)cc1. The molecule has 0 aliphatic carbocycles. The van der Waals surface area contributed by atoms with Gasteiger partial charge in [0.15, 0.2) is 0 Å². The fourth-order valence-corrected chi connectivity index (χ4v) is 2.25. The summed E-state index contributed by atoms with van der Waals surface area (Å²) in [6.07, 6.45) is 0.308. The van der Waals surface area contributed by atoms with Crippen LogP contribution in [0, 0.1) is 0 Å². The Bertz CT molecular complexity index is 346. The van der Waals surface area contributed by atoms with Gasteiger partial charge < -0.3 is 10.2 Å². The molecule has 1 heterocycles. The molecule has 1 aliphatic rings. The maximum Gasteiger partial charge on any atom is 0.115 e. The number of nitrogens with zero attached hydrogens (tertiary/aromatic N) is 2. The Hall–Kier alpha value is -0.790. The van der Waals surface area contributed by atoms with Gasteiger partial charge in [-0.2, -0.15) is 0 Å². The first-order valence-electron chi connectivity index (χ1n) is 5.04. The third kappa shape index (κ3) is 2.87. The molecule has 1 fully saturated rings. The molecule has 1 aliphatic heterocycles. The van der Waals surface area contributed by atoms with E-state index in [1.165, 1.54) is 0 Å². The number of aliphatic hydroxyl groups excluding tert-OH is 1. The lowest BCUT2D eigenvalue weighted by atomic mass is 10.3.